The number of anilines is 2. The molecular formula is C18H24BN3O3. The van der Waals surface area contributed by atoms with Gasteiger partial charge in [0.05, 0.1) is 23.0 Å². The molecule has 0 spiro atoms. The molecule has 132 valence electrons. The highest BCUT2D eigenvalue weighted by Crippen LogP contribution is 2.36. The predicted octanol–water partition coefficient (Wildman–Crippen LogP) is 2.57. The SMILES string of the molecule is CC(O)c1ccnc(Nc2cccc(B3OC(C)(C)C(C)(C)O3)c2)n1. The minimum absolute atomic E-state index is 0.379. The lowest BCUT2D eigenvalue weighted by Gasteiger charge is -2.32. The molecule has 0 amide bonds. The van der Waals surface area contributed by atoms with Crippen molar-refractivity contribution in [2.45, 2.75) is 51.9 Å². The number of nitrogens with one attached hydrogen (secondary N) is 1. The minimum Gasteiger partial charge on any atom is -0.399 e. The lowest BCUT2D eigenvalue weighted by Crippen LogP contribution is -2.41. The van der Waals surface area contributed by atoms with Gasteiger partial charge in [-0.15, -0.1) is 0 Å². The van der Waals surface area contributed by atoms with Gasteiger partial charge < -0.3 is 19.7 Å². The van der Waals surface area contributed by atoms with Crippen molar-refractivity contribution in [2.75, 3.05) is 5.32 Å². The van der Waals surface area contributed by atoms with Crippen molar-refractivity contribution in [2.24, 2.45) is 0 Å². The van der Waals surface area contributed by atoms with E-state index in [1.807, 2.05) is 52.0 Å². The zero-order valence-corrected chi connectivity index (χ0v) is 15.3. The maximum absolute atomic E-state index is 9.65. The Morgan fingerprint density at radius 3 is 2.44 bits per heavy atom. The van der Waals surface area contributed by atoms with Crippen LogP contribution in [0.5, 0.6) is 0 Å². The highest BCUT2D eigenvalue weighted by molar-refractivity contribution is 6.62. The number of hydrogen-bond acceptors (Lipinski definition) is 6. The summed E-state index contributed by atoms with van der Waals surface area (Å²) in [5, 5.41) is 12.8. The van der Waals surface area contributed by atoms with Gasteiger partial charge in [0, 0.05) is 11.9 Å². The Morgan fingerprint density at radius 2 is 1.80 bits per heavy atom. The Hall–Kier alpha value is -1.96. The van der Waals surface area contributed by atoms with Crippen molar-refractivity contribution in [1.29, 1.82) is 0 Å². The molecule has 3 rings (SSSR count). The highest BCUT2D eigenvalue weighted by atomic mass is 16.7. The van der Waals surface area contributed by atoms with Crippen LogP contribution in [0.15, 0.2) is 36.5 Å². The van der Waals surface area contributed by atoms with Crippen LogP contribution in [-0.4, -0.2) is 33.4 Å². The van der Waals surface area contributed by atoms with Gasteiger partial charge in [-0.3, -0.25) is 0 Å². The van der Waals surface area contributed by atoms with E-state index in [1.54, 1.807) is 19.2 Å². The van der Waals surface area contributed by atoms with Gasteiger partial charge >= 0.3 is 7.12 Å². The smallest absolute Gasteiger partial charge is 0.399 e. The number of rotatable bonds is 4. The van der Waals surface area contributed by atoms with Gasteiger partial charge in [0.2, 0.25) is 5.95 Å². The van der Waals surface area contributed by atoms with Crippen LogP contribution in [0.1, 0.15) is 46.4 Å². The average molecular weight is 341 g/mol. The molecule has 6 nitrogen and oxygen atoms in total. The fraction of sp³-hybridized carbons (Fsp3) is 0.444. The quantitative estimate of drug-likeness (QED) is 0.833. The molecule has 25 heavy (non-hydrogen) atoms. The van der Waals surface area contributed by atoms with Crippen LogP contribution in [0.2, 0.25) is 0 Å². The Balaban J connectivity index is 1.80. The maximum Gasteiger partial charge on any atom is 0.494 e. The van der Waals surface area contributed by atoms with Crippen LogP contribution >= 0.6 is 0 Å². The number of aliphatic hydroxyl groups excluding tert-OH is 1. The normalized spacial score (nSPS) is 19.7. The third-order valence-electron chi connectivity index (χ3n) is 4.77. The number of aromatic nitrogens is 2. The molecule has 1 saturated heterocycles. The maximum atomic E-state index is 9.65. The standard InChI is InChI=1S/C18H24BN3O3/c1-12(23)15-9-10-20-16(22-15)21-14-8-6-7-13(11-14)19-24-17(2,3)18(4,5)25-19/h6-12,23H,1-5H3,(H,20,21,22). The van der Waals surface area contributed by atoms with Crippen LogP contribution in [0.3, 0.4) is 0 Å². The summed E-state index contributed by atoms with van der Waals surface area (Å²) in [5.41, 5.74) is 1.57. The molecule has 0 bridgehead atoms. The minimum atomic E-state index is -0.639. The predicted molar refractivity (Wildman–Crippen MR) is 98.1 cm³/mol. The summed E-state index contributed by atoms with van der Waals surface area (Å²) in [6.45, 7) is 9.80. The average Bonchev–Trinajstić information content (AvgIpc) is 2.76. The Kier molecular flexibility index (Phi) is 4.57. The summed E-state index contributed by atoms with van der Waals surface area (Å²) in [6, 6.07) is 9.48. The molecule has 1 aliphatic rings. The topological polar surface area (TPSA) is 76.5 Å². The summed E-state index contributed by atoms with van der Waals surface area (Å²) in [5.74, 6) is 0.435. The summed E-state index contributed by atoms with van der Waals surface area (Å²) in [4.78, 5) is 8.50. The number of benzene rings is 1. The van der Waals surface area contributed by atoms with Gasteiger partial charge in [-0.25, -0.2) is 9.97 Å². The molecule has 0 aliphatic carbocycles. The van der Waals surface area contributed by atoms with Gasteiger partial charge in [0.1, 0.15) is 0 Å². The molecular weight excluding hydrogens is 317 g/mol. The molecule has 1 aromatic carbocycles. The second-order valence-electron chi connectivity index (χ2n) is 7.32. The van der Waals surface area contributed by atoms with Crippen molar-refractivity contribution in [3.63, 3.8) is 0 Å². The van der Waals surface area contributed by atoms with E-state index >= 15 is 0 Å². The van der Waals surface area contributed by atoms with Crippen LogP contribution < -0.4 is 10.8 Å². The summed E-state index contributed by atoms with van der Waals surface area (Å²) in [7, 11) is -0.420. The van der Waals surface area contributed by atoms with E-state index in [0.29, 0.717) is 11.6 Å². The highest BCUT2D eigenvalue weighted by Gasteiger charge is 2.51. The molecule has 7 heteroatoms. The van der Waals surface area contributed by atoms with Crippen molar-refractivity contribution in [3.8, 4) is 0 Å². The van der Waals surface area contributed by atoms with Gasteiger partial charge in [0.15, 0.2) is 0 Å². The first-order valence-electron chi connectivity index (χ1n) is 8.41. The Bertz CT molecular complexity index is 749. The summed E-state index contributed by atoms with van der Waals surface area (Å²) < 4.78 is 12.2. The molecule has 2 heterocycles. The van der Waals surface area contributed by atoms with Crippen molar-refractivity contribution in [1.82, 2.24) is 9.97 Å². The number of nitrogens with zero attached hydrogens (tertiary/aromatic N) is 2. The number of aliphatic hydroxyl groups is 1. The first kappa shape index (κ1) is 17.9. The zero-order chi connectivity index (χ0) is 18.2. The molecule has 1 fully saturated rings. The molecule has 0 saturated carbocycles. The van der Waals surface area contributed by atoms with Crippen LogP contribution in [-0.2, 0) is 9.31 Å². The van der Waals surface area contributed by atoms with Crippen molar-refractivity contribution in [3.05, 3.63) is 42.2 Å². The third kappa shape index (κ3) is 3.68. The molecule has 1 unspecified atom stereocenters. The van der Waals surface area contributed by atoms with Crippen LogP contribution in [0.4, 0.5) is 11.6 Å². The van der Waals surface area contributed by atoms with Crippen LogP contribution in [0.25, 0.3) is 0 Å². The van der Waals surface area contributed by atoms with Crippen LogP contribution in [0, 0.1) is 0 Å². The zero-order valence-electron chi connectivity index (χ0n) is 15.3. The third-order valence-corrected chi connectivity index (χ3v) is 4.77. The molecule has 2 aromatic rings. The lowest BCUT2D eigenvalue weighted by molar-refractivity contribution is 0.00578. The first-order chi connectivity index (χ1) is 11.7. The first-order valence-corrected chi connectivity index (χ1v) is 8.41. The summed E-state index contributed by atoms with van der Waals surface area (Å²) in [6.07, 6.45) is 0.981. The molecule has 2 N–H and O–H groups in total. The van der Waals surface area contributed by atoms with Crippen molar-refractivity contribution < 1.29 is 14.4 Å². The van der Waals surface area contributed by atoms with E-state index in [4.69, 9.17) is 9.31 Å². The Morgan fingerprint density at radius 1 is 1.12 bits per heavy atom. The van der Waals surface area contributed by atoms with E-state index in [1.165, 1.54) is 0 Å². The van der Waals surface area contributed by atoms with Gasteiger partial charge in [-0.05, 0) is 58.3 Å². The Labute approximate surface area is 148 Å². The molecule has 1 aromatic heterocycles. The second-order valence-corrected chi connectivity index (χ2v) is 7.32. The van der Waals surface area contributed by atoms with Gasteiger partial charge in [-0.1, -0.05) is 12.1 Å². The number of hydrogen-bond donors (Lipinski definition) is 2. The van der Waals surface area contributed by atoms with E-state index in [9.17, 15) is 5.11 Å². The fourth-order valence-electron chi connectivity index (χ4n) is 2.54. The largest absolute Gasteiger partial charge is 0.494 e. The molecule has 0 radical (unpaired) electrons. The molecule has 1 atom stereocenters. The summed E-state index contributed by atoms with van der Waals surface area (Å²) >= 11 is 0. The lowest BCUT2D eigenvalue weighted by atomic mass is 9.79. The van der Waals surface area contributed by atoms with E-state index < -0.39 is 13.2 Å². The molecule has 1 aliphatic heterocycles. The monoisotopic (exact) mass is 341 g/mol. The van der Waals surface area contributed by atoms with Crippen molar-refractivity contribution >= 4 is 24.2 Å². The van der Waals surface area contributed by atoms with Gasteiger partial charge in [0.25, 0.3) is 0 Å². The second kappa shape index (κ2) is 6.40. The van der Waals surface area contributed by atoms with E-state index in [0.717, 1.165) is 11.2 Å². The fourth-order valence-corrected chi connectivity index (χ4v) is 2.54. The van der Waals surface area contributed by atoms with E-state index in [-0.39, 0.29) is 11.2 Å². The van der Waals surface area contributed by atoms with E-state index in [2.05, 4.69) is 15.3 Å². The van der Waals surface area contributed by atoms with Gasteiger partial charge in [-0.2, -0.15) is 0 Å².